The number of hydrogen-bond acceptors (Lipinski definition) is 5. The van der Waals surface area contributed by atoms with Gasteiger partial charge in [0.15, 0.2) is 15.6 Å². The van der Waals surface area contributed by atoms with Crippen LogP contribution >= 0.6 is 0 Å². The Bertz CT molecular complexity index is 1110. The van der Waals surface area contributed by atoms with Crippen molar-refractivity contribution in [3.63, 3.8) is 0 Å². The van der Waals surface area contributed by atoms with Crippen molar-refractivity contribution in [2.24, 2.45) is 0 Å². The molecule has 0 amide bonds. The van der Waals surface area contributed by atoms with E-state index < -0.39 is 9.84 Å². The van der Waals surface area contributed by atoms with Crippen LogP contribution in [0, 0.1) is 0 Å². The Morgan fingerprint density at radius 3 is 2.11 bits per heavy atom. The highest BCUT2D eigenvalue weighted by atomic mass is 32.2. The number of benzene rings is 3. The third-order valence-electron chi connectivity index (χ3n) is 4.08. The fourth-order valence-corrected chi connectivity index (χ4v) is 3.96. The molecule has 0 aliphatic rings. The van der Waals surface area contributed by atoms with Crippen molar-refractivity contribution in [3.05, 3.63) is 95.6 Å². The fourth-order valence-electron chi connectivity index (χ4n) is 2.62. The quantitative estimate of drug-likeness (QED) is 0.488. The third kappa shape index (κ3) is 4.86. The van der Waals surface area contributed by atoms with Crippen molar-refractivity contribution >= 4 is 21.7 Å². The maximum Gasteiger partial charge on any atom is 0.185 e. The summed E-state index contributed by atoms with van der Waals surface area (Å²) in [6.07, 6.45) is 3.03. The topological polar surface area (TPSA) is 91.7 Å². The van der Waals surface area contributed by atoms with Crippen molar-refractivity contribution in [1.82, 2.24) is 0 Å². The summed E-state index contributed by atoms with van der Waals surface area (Å²) in [6, 6.07) is 18.2. The Kier molecular flexibility index (Phi) is 5.61. The van der Waals surface area contributed by atoms with Crippen LogP contribution in [0.3, 0.4) is 0 Å². The van der Waals surface area contributed by atoms with Gasteiger partial charge in [0.1, 0.15) is 11.5 Å². The predicted octanol–water partition coefficient (Wildman–Crippen LogP) is 3.97. The SMILES string of the molecule is O=C(/C=C/c1ccc(O)cc1)c1cccc(CS(=O)(=O)c2ccc(O)cc2)c1. The van der Waals surface area contributed by atoms with E-state index in [4.69, 9.17) is 0 Å². The van der Waals surface area contributed by atoms with E-state index >= 15 is 0 Å². The van der Waals surface area contributed by atoms with Crippen molar-refractivity contribution in [3.8, 4) is 11.5 Å². The molecule has 0 unspecified atom stereocenters. The van der Waals surface area contributed by atoms with Crippen LogP contribution < -0.4 is 0 Å². The zero-order valence-corrected chi connectivity index (χ0v) is 15.6. The number of aromatic hydroxyl groups is 2. The summed E-state index contributed by atoms with van der Waals surface area (Å²) in [6.45, 7) is 0. The molecule has 0 aromatic heterocycles. The Balaban J connectivity index is 1.77. The van der Waals surface area contributed by atoms with Crippen LogP contribution in [-0.2, 0) is 15.6 Å². The zero-order valence-electron chi connectivity index (χ0n) is 14.8. The molecule has 5 nitrogen and oxygen atoms in total. The molecule has 0 aliphatic heterocycles. The second-order valence-corrected chi connectivity index (χ2v) is 8.23. The van der Waals surface area contributed by atoms with Gasteiger partial charge < -0.3 is 10.2 Å². The molecule has 28 heavy (non-hydrogen) atoms. The molecule has 0 bridgehead atoms. The van der Waals surface area contributed by atoms with E-state index in [0.717, 1.165) is 5.56 Å². The van der Waals surface area contributed by atoms with Gasteiger partial charge >= 0.3 is 0 Å². The minimum absolute atomic E-state index is 0.00744. The molecule has 2 N–H and O–H groups in total. The van der Waals surface area contributed by atoms with Crippen molar-refractivity contribution in [2.45, 2.75) is 10.6 Å². The van der Waals surface area contributed by atoms with E-state index in [0.29, 0.717) is 11.1 Å². The molecule has 0 heterocycles. The molecule has 0 fully saturated rings. The second-order valence-electron chi connectivity index (χ2n) is 6.24. The molecule has 142 valence electrons. The van der Waals surface area contributed by atoms with Crippen LogP contribution in [0.25, 0.3) is 6.08 Å². The largest absolute Gasteiger partial charge is 0.508 e. The molecule has 0 radical (unpaired) electrons. The third-order valence-corrected chi connectivity index (χ3v) is 5.79. The first-order valence-electron chi connectivity index (χ1n) is 8.46. The molecule has 0 aliphatic carbocycles. The van der Waals surface area contributed by atoms with E-state index in [9.17, 15) is 23.4 Å². The molecule has 0 saturated carbocycles. The normalized spacial score (nSPS) is 11.6. The van der Waals surface area contributed by atoms with Crippen LogP contribution in [0.5, 0.6) is 11.5 Å². The van der Waals surface area contributed by atoms with Gasteiger partial charge in [-0.15, -0.1) is 0 Å². The standard InChI is InChI=1S/C22H18O5S/c23-19-7-4-16(5-8-19)6-13-22(25)18-3-1-2-17(14-18)15-28(26,27)21-11-9-20(24)10-12-21/h1-14,23-24H,15H2/b13-6+. The van der Waals surface area contributed by atoms with E-state index in [-0.39, 0.29) is 27.9 Å². The Labute approximate surface area is 163 Å². The number of phenols is 2. The summed E-state index contributed by atoms with van der Waals surface area (Å²) in [4.78, 5) is 12.5. The summed E-state index contributed by atoms with van der Waals surface area (Å²) in [5.74, 6) is -0.365. The lowest BCUT2D eigenvalue weighted by Crippen LogP contribution is -2.06. The average Bonchev–Trinajstić information content (AvgIpc) is 2.67. The molecule has 0 spiro atoms. The maximum absolute atomic E-state index is 12.5. The molecule has 0 saturated heterocycles. The number of sulfone groups is 1. The number of hydrogen-bond donors (Lipinski definition) is 2. The molecule has 3 rings (SSSR count). The van der Waals surface area contributed by atoms with Gasteiger partial charge in [0, 0.05) is 5.56 Å². The highest BCUT2D eigenvalue weighted by Gasteiger charge is 2.16. The Hall–Kier alpha value is -3.38. The summed E-state index contributed by atoms with van der Waals surface area (Å²) in [5.41, 5.74) is 1.64. The van der Waals surface area contributed by atoms with E-state index in [2.05, 4.69) is 0 Å². The Morgan fingerprint density at radius 2 is 1.46 bits per heavy atom. The molecular formula is C22H18O5S. The number of carbonyl (C=O) groups excluding carboxylic acids is 1. The Morgan fingerprint density at radius 1 is 0.857 bits per heavy atom. The highest BCUT2D eigenvalue weighted by molar-refractivity contribution is 7.90. The van der Waals surface area contributed by atoms with E-state index in [1.165, 1.54) is 42.5 Å². The fraction of sp³-hybridized carbons (Fsp3) is 0.0455. The van der Waals surface area contributed by atoms with Gasteiger partial charge in [-0.25, -0.2) is 8.42 Å². The van der Waals surface area contributed by atoms with Gasteiger partial charge in [-0.2, -0.15) is 0 Å². The molecule has 6 heteroatoms. The zero-order chi connectivity index (χ0) is 20.1. The average molecular weight is 394 g/mol. The number of ketones is 1. The van der Waals surface area contributed by atoms with Gasteiger partial charge in [0.25, 0.3) is 0 Å². The minimum Gasteiger partial charge on any atom is -0.508 e. The van der Waals surface area contributed by atoms with Crippen LogP contribution in [0.15, 0.2) is 83.8 Å². The van der Waals surface area contributed by atoms with Gasteiger partial charge in [-0.3, -0.25) is 4.79 Å². The van der Waals surface area contributed by atoms with Crippen LogP contribution in [-0.4, -0.2) is 24.4 Å². The van der Waals surface area contributed by atoms with Crippen LogP contribution in [0.1, 0.15) is 21.5 Å². The predicted molar refractivity (Wildman–Crippen MR) is 107 cm³/mol. The summed E-state index contributed by atoms with van der Waals surface area (Å²) in [5, 5.41) is 18.6. The number of phenolic OH excluding ortho intramolecular Hbond substituents is 2. The van der Waals surface area contributed by atoms with Gasteiger partial charge in [0.2, 0.25) is 0 Å². The maximum atomic E-state index is 12.5. The highest BCUT2D eigenvalue weighted by Crippen LogP contribution is 2.20. The van der Waals surface area contributed by atoms with Crippen molar-refractivity contribution in [1.29, 1.82) is 0 Å². The summed E-state index contributed by atoms with van der Waals surface area (Å²) >= 11 is 0. The van der Waals surface area contributed by atoms with Gasteiger partial charge in [0.05, 0.1) is 10.6 Å². The number of allylic oxidation sites excluding steroid dienone is 1. The molecular weight excluding hydrogens is 376 g/mol. The smallest absolute Gasteiger partial charge is 0.185 e. The van der Waals surface area contributed by atoms with Crippen LogP contribution in [0.2, 0.25) is 0 Å². The lowest BCUT2D eigenvalue weighted by atomic mass is 10.1. The monoisotopic (exact) mass is 394 g/mol. The van der Waals surface area contributed by atoms with E-state index in [1.807, 2.05) is 0 Å². The molecule has 3 aromatic rings. The molecule has 3 aromatic carbocycles. The van der Waals surface area contributed by atoms with Crippen molar-refractivity contribution < 1.29 is 23.4 Å². The number of carbonyl (C=O) groups is 1. The summed E-state index contributed by atoms with van der Waals surface area (Å²) < 4.78 is 25.1. The number of rotatable bonds is 6. The lowest BCUT2D eigenvalue weighted by molar-refractivity contribution is 0.104. The van der Waals surface area contributed by atoms with Crippen molar-refractivity contribution in [2.75, 3.05) is 0 Å². The van der Waals surface area contributed by atoms with Gasteiger partial charge in [-0.05, 0) is 59.7 Å². The van der Waals surface area contributed by atoms with Crippen LogP contribution in [0.4, 0.5) is 0 Å². The van der Waals surface area contributed by atoms with Gasteiger partial charge in [-0.1, -0.05) is 36.4 Å². The van der Waals surface area contributed by atoms with E-state index in [1.54, 1.807) is 42.5 Å². The molecule has 0 atom stereocenters. The first-order valence-corrected chi connectivity index (χ1v) is 10.1. The lowest BCUT2D eigenvalue weighted by Gasteiger charge is -2.06. The second kappa shape index (κ2) is 8.10. The minimum atomic E-state index is -3.60. The first-order chi connectivity index (χ1) is 13.3. The first kappa shape index (κ1) is 19.4. The summed E-state index contributed by atoms with van der Waals surface area (Å²) in [7, 11) is -3.60.